The Hall–Kier alpha value is -6.50. The minimum Gasteiger partial charge on any atom is -0.508 e. The van der Waals surface area contributed by atoms with Gasteiger partial charge in [-0.1, -0.05) is 203 Å². The summed E-state index contributed by atoms with van der Waals surface area (Å²) in [6.07, 6.45) is 0.913. The van der Waals surface area contributed by atoms with Crippen molar-refractivity contribution in [2.45, 2.75) is 149 Å². The van der Waals surface area contributed by atoms with Crippen LogP contribution in [-0.2, 0) is 67.7 Å². The first-order chi connectivity index (χ1) is 41.9. The van der Waals surface area contributed by atoms with Gasteiger partial charge in [-0.05, 0) is 145 Å². The molecule has 8 aromatic rings. The van der Waals surface area contributed by atoms with Crippen molar-refractivity contribution < 1.29 is 43.0 Å². The van der Waals surface area contributed by atoms with Crippen LogP contribution in [0.2, 0.25) is 10.0 Å². The molecule has 0 unspecified atom stereocenters. The van der Waals surface area contributed by atoms with Crippen LogP contribution in [0.15, 0.2) is 194 Å². The smallest absolute Gasteiger partial charge is 0.122 e. The number of rotatable bonds is 24. The predicted octanol–water partition coefficient (Wildman–Crippen LogP) is 18.0. The molecule has 0 amide bonds. The van der Waals surface area contributed by atoms with Crippen LogP contribution in [0.5, 0.6) is 17.2 Å². The van der Waals surface area contributed by atoms with Gasteiger partial charge in [0.25, 0.3) is 0 Å². The van der Waals surface area contributed by atoms with Gasteiger partial charge >= 0.3 is 0 Å². The summed E-state index contributed by atoms with van der Waals surface area (Å²) in [6, 6.07) is 65.1. The molecule has 0 aromatic heterocycles. The van der Waals surface area contributed by atoms with Crippen LogP contribution < -0.4 is 9.47 Å². The second-order valence-corrected chi connectivity index (χ2v) is 23.4. The van der Waals surface area contributed by atoms with Gasteiger partial charge in [0.05, 0.1) is 64.1 Å². The molecular weight excluding hydrogens is 1120 g/mol. The summed E-state index contributed by atoms with van der Waals surface area (Å²) < 4.78 is 51.8. The molecule has 10 atom stereocenters. The number of phenolic OH excluding ortho intramolecular Hbond substituents is 1. The minimum atomic E-state index is -0.554. The Kier molecular flexibility index (Phi) is 23.8. The highest BCUT2D eigenvalue weighted by atomic mass is 35.5. The first-order valence-corrected chi connectivity index (χ1v) is 31.4. The fourth-order valence-electron chi connectivity index (χ4n) is 11.9. The number of hydrogen-bond donors (Lipinski definition) is 1. The van der Waals surface area contributed by atoms with Gasteiger partial charge in [0, 0.05) is 27.4 Å². The maximum absolute atomic E-state index is 11.3. The Bertz CT molecular complexity index is 3070. The maximum atomic E-state index is 11.3. The predicted molar refractivity (Wildman–Crippen MR) is 344 cm³/mol. The van der Waals surface area contributed by atoms with Gasteiger partial charge in [0.15, 0.2) is 0 Å². The van der Waals surface area contributed by atoms with Gasteiger partial charge in [-0.15, -0.1) is 0 Å². The fraction of sp³-hybridized carbons (Fsp3) is 0.360. The van der Waals surface area contributed by atoms with Gasteiger partial charge in [-0.3, -0.25) is 0 Å². The molecule has 0 saturated carbocycles. The number of halogens is 2. The topological polar surface area (TPSA) is 94.1 Å². The molecule has 11 heteroatoms. The van der Waals surface area contributed by atoms with Gasteiger partial charge in [-0.2, -0.15) is 0 Å². The van der Waals surface area contributed by atoms with Crippen LogP contribution in [-0.4, -0.2) is 54.9 Å². The first-order valence-electron chi connectivity index (χ1n) is 30.6. The van der Waals surface area contributed by atoms with Crippen molar-refractivity contribution in [3.05, 3.63) is 265 Å². The van der Waals surface area contributed by atoms with Crippen molar-refractivity contribution in [2.24, 2.45) is 11.8 Å². The zero-order valence-electron chi connectivity index (χ0n) is 50.8. The number of aryl methyl sites for hydroxylation is 1. The van der Waals surface area contributed by atoms with Crippen LogP contribution in [0.4, 0.5) is 0 Å². The van der Waals surface area contributed by atoms with Crippen molar-refractivity contribution in [3.8, 4) is 17.2 Å². The molecule has 86 heavy (non-hydrogen) atoms. The van der Waals surface area contributed by atoms with E-state index in [9.17, 15) is 5.11 Å². The summed E-state index contributed by atoms with van der Waals surface area (Å²) in [4.78, 5) is 0. The largest absolute Gasteiger partial charge is 0.508 e. The van der Waals surface area contributed by atoms with Crippen LogP contribution in [0.25, 0.3) is 0 Å². The molecule has 9 nitrogen and oxygen atoms in total. The molecule has 0 bridgehead atoms. The molecule has 2 aliphatic rings. The molecule has 2 heterocycles. The highest BCUT2D eigenvalue weighted by Gasteiger charge is 2.48. The zero-order valence-corrected chi connectivity index (χ0v) is 52.3. The number of phenols is 1. The van der Waals surface area contributed by atoms with E-state index in [1.165, 1.54) is 5.56 Å². The minimum absolute atomic E-state index is 0.0342. The quantitative estimate of drug-likeness (QED) is 0.0635. The summed E-state index contributed by atoms with van der Waals surface area (Å²) in [6.45, 7) is 17.9. The second-order valence-electron chi connectivity index (χ2n) is 22.6. The van der Waals surface area contributed by atoms with E-state index in [2.05, 4.69) is 107 Å². The molecule has 0 spiro atoms. The van der Waals surface area contributed by atoms with Crippen molar-refractivity contribution in [1.29, 1.82) is 0 Å². The Morgan fingerprint density at radius 1 is 0.407 bits per heavy atom. The Labute approximate surface area is 520 Å². The third kappa shape index (κ3) is 17.0. The lowest BCUT2D eigenvalue weighted by molar-refractivity contribution is -0.235. The zero-order chi connectivity index (χ0) is 60.4. The highest BCUT2D eigenvalue weighted by Crippen LogP contribution is 2.46. The summed E-state index contributed by atoms with van der Waals surface area (Å²) in [5.41, 5.74) is 11.5. The summed E-state index contributed by atoms with van der Waals surface area (Å²) in [5, 5.41) is 12.5. The van der Waals surface area contributed by atoms with E-state index in [0.717, 1.165) is 79.4 Å². The maximum Gasteiger partial charge on any atom is 0.122 e. The lowest BCUT2D eigenvalue weighted by Gasteiger charge is -2.46. The lowest BCUT2D eigenvalue weighted by Crippen LogP contribution is -2.51. The monoisotopic (exact) mass is 1200 g/mol. The molecule has 2 saturated heterocycles. The van der Waals surface area contributed by atoms with Crippen molar-refractivity contribution in [1.82, 2.24) is 0 Å². The van der Waals surface area contributed by atoms with Gasteiger partial charge in [0.2, 0.25) is 0 Å². The van der Waals surface area contributed by atoms with E-state index in [1.54, 1.807) is 6.07 Å². The van der Waals surface area contributed by atoms with Gasteiger partial charge in [-0.25, -0.2) is 0 Å². The Morgan fingerprint density at radius 2 is 0.744 bits per heavy atom. The molecule has 1 N–H and O–H groups in total. The van der Waals surface area contributed by atoms with Crippen LogP contribution in [0, 0.1) is 18.8 Å². The molecule has 452 valence electrons. The normalized spacial score (nSPS) is 21.9. The van der Waals surface area contributed by atoms with Crippen molar-refractivity contribution in [3.63, 3.8) is 0 Å². The van der Waals surface area contributed by atoms with Crippen molar-refractivity contribution in [2.75, 3.05) is 13.2 Å². The Morgan fingerprint density at radius 3 is 1.10 bits per heavy atom. The number of benzene rings is 8. The average molecular weight is 1200 g/mol. The van der Waals surface area contributed by atoms with Crippen LogP contribution in [0.3, 0.4) is 0 Å². The van der Waals surface area contributed by atoms with Crippen LogP contribution >= 0.6 is 23.2 Å². The molecule has 8 aromatic carbocycles. The van der Waals surface area contributed by atoms with E-state index in [1.807, 2.05) is 129 Å². The van der Waals surface area contributed by atoms with E-state index in [4.69, 9.17) is 61.1 Å². The number of hydrogen-bond acceptors (Lipinski definition) is 9. The number of ether oxygens (including phenoxy) is 8. The lowest BCUT2D eigenvalue weighted by atomic mass is 9.83. The van der Waals surface area contributed by atoms with E-state index >= 15 is 0 Å². The van der Waals surface area contributed by atoms with E-state index < -0.39 is 12.2 Å². The third-order valence-electron chi connectivity index (χ3n) is 16.5. The molecule has 2 fully saturated rings. The second kappa shape index (κ2) is 31.9. The molecular formula is C75H84Cl2O9. The first kappa shape index (κ1) is 64.0. The van der Waals surface area contributed by atoms with Gasteiger partial charge in [0.1, 0.15) is 41.7 Å². The van der Waals surface area contributed by atoms with E-state index in [0.29, 0.717) is 63.1 Å². The highest BCUT2D eigenvalue weighted by molar-refractivity contribution is 6.31. The summed E-state index contributed by atoms with van der Waals surface area (Å²) >= 11 is 13.5. The Balaban J connectivity index is 0.000000205. The van der Waals surface area contributed by atoms with Crippen molar-refractivity contribution >= 4 is 23.2 Å². The van der Waals surface area contributed by atoms with E-state index in [-0.39, 0.29) is 54.2 Å². The van der Waals surface area contributed by atoms with Gasteiger partial charge < -0.3 is 43.0 Å². The fourth-order valence-corrected chi connectivity index (χ4v) is 12.4. The molecule has 2 aliphatic heterocycles. The standard InChI is InChI=1S/C38H43ClO4.C37H41ClO5/c1-5-35-27(4)36(41-24-29-13-9-7-10-14-29)38(42-25-30-15-11-8-12-16-30)37(43-35)33-23-31(34(39)21-26(33)3)22-28-17-19-32(20-18-28)40-6-2;1-4-34-25(3)35(41-23-27-12-8-6-9-13-27)37(42-24-28-14-10-7-11-15-28)36(43-34)31-21-29(32(38)22-33(31)39)20-26-16-18-30(19-17-26)40-5-2/h7-21,23,27,35-38H,5-6,22,24-25H2,1-4H3;6-19,21-22,25,34-37,39H,4-5,20,23-24H2,1-3H3/t27-,35-,36+,37+,38-;25-,34-,35+,36+,37-/m11/s1. The molecule has 0 aliphatic carbocycles. The van der Waals surface area contributed by atoms with Crippen LogP contribution in [0.1, 0.15) is 128 Å². The summed E-state index contributed by atoms with van der Waals surface area (Å²) in [5.74, 6) is 2.02. The SMILES string of the molecule is CCOc1ccc(Cc2cc([C@@H]3O[C@H](CC)[C@@H](C)[C@H](OCc4ccccc4)[C@H]3OCc3ccccc3)c(C)cc2Cl)cc1.CCOc1ccc(Cc2cc([C@@H]3O[C@H](CC)[C@@H](C)[C@H](OCc4ccccc4)[C@H]3OCc3ccccc3)c(O)cc2Cl)cc1. The third-order valence-corrected chi connectivity index (χ3v) is 17.2. The molecule has 0 radical (unpaired) electrons. The summed E-state index contributed by atoms with van der Waals surface area (Å²) in [7, 11) is 0. The average Bonchev–Trinajstić information content (AvgIpc) is 1.39. The number of aromatic hydroxyl groups is 1. The molecule has 10 rings (SSSR count).